The summed E-state index contributed by atoms with van der Waals surface area (Å²) in [5, 5.41) is 1.25. The molecule has 1 atom stereocenters. The molecule has 2 heterocycles. The molecule has 1 amide bonds. The first kappa shape index (κ1) is 27.7. The molecule has 1 aliphatic rings. The first-order chi connectivity index (χ1) is 18.6. The lowest BCUT2D eigenvalue weighted by molar-refractivity contribution is -0.145. The largest absolute Gasteiger partial charge is 0.493 e. The summed E-state index contributed by atoms with van der Waals surface area (Å²) in [4.78, 5) is 21.3. The number of hydrogen-bond acceptors (Lipinski definition) is 8. The van der Waals surface area contributed by atoms with Gasteiger partial charge < -0.3 is 20.9 Å². The van der Waals surface area contributed by atoms with E-state index in [1.165, 1.54) is 31.5 Å². The predicted molar refractivity (Wildman–Crippen MR) is 140 cm³/mol. The number of aromatic nitrogens is 2. The first-order valence-electron chi connectivity index (χ1n) is 12.1. The molecule has 0 unspecified atom stereocenters. The molecular formula is C27H29F3N6O3. The van der Waals surface area contributed by atoms with Crippen LogP contribution in [0.2, 0.25) is 0 Å². The van der Waals surface area contributed by atoms with E-state index in [0.29, 0.717) is 41.2 Å². The molecule has 0 spiro atoms. The summed E-state index contributed by atoms with van der Waals surface area (Å²) < 4.78 is 50.3. The molecule has 206 valence electrons. The van der Waals surface area contributed by atoms with Crippen LogP contribution in [0.3, 0.4) is 0 Å². The van der Waals surface area contributed by atoms with Crippen molar-refractivity contribution in [3.05, 3.63) is 76.5 Å². The molecule has 0 radical (unpaired) electrons. The quantitative estimate of drug-likeness (QED) is 0.362. The van der Waals surface area contributed by atoms with E-state index < -0.39 is 24.5 Å². The SMILES string of the molecule is COc1cc(Cc2cnc(N)nc2N)cc(/C=C/C(=O)N2NCc3ccccc3[C@@H]2CCC(F)(F)F)c1OC. The normalized spacial score (nSPS) is 15.3. The smallest absolute Gasteiger partial charge is 0.389 e. The Morgan fingerprint density at radius 2 is 1.97 bits per heavy atom. The Morgan fingerprint density at radius 1 is 1.21 bits per heavy atom. The molecule has 1 aliphatic heterocycles. The molecule has 0 saturated carbocycles. The highest BCUT2D eigenvalue weighted by atomic mass is 19.4. The van der Waals surface area contributed by atoms with Gasteiger partial charge in [-0.05, 0) is 41.3 Å². The molecule has 0 bridgehead atoms. The second-order valence-corrected chi connectivity index (χ2v) is 8.98. The number of hydrogen-bond donors (Lipinski definition) is 3. The maximum atomic E-state index is 13.3. The summed E-state index contributed by atoms with van der Waals surface area (Å²) in [7, 11) is 2.96. The number of rotatable bonds is 8. The van der Waals surface area contributed by atoms with Crippen molar-refractivity contribution < 1.29 is 27.4 Å². The Balaban J connectivity index is 1.63. The number of ether oxygens (including phenoxy) is 2. The van der Waals surface area contributed by atoms with Crippen LogP contribution in [0.5, 0.6) is 11.5 Å². The minimum absolute atomic E-state index is 0.0631. The van der Waals surface area contributed by atoms with Gasteiger partial charge in [0.05, 0.1) is 20.3 Å². The van der Waals surface area contributed by atoms with Gasteiger partial charge in [0, 0.05) is 42.8 Å². The molecule has 9 nitrogen and oxygen atoms in total. The Hall–Kier alpha value is -4.32. The van der Waals surface area contributed by atoms with Crippen molar-refractivity contribution in [2.75, 3.05) is 25.7 Å². The lowest BCUT2D eigenvalue weighted by atomic mass is 9.94. The van der Waals surface area contributed by atoms with Crippen LogP contribution in [0.15, 0.2) is 48.7 Å². The van der Waals surface area contributed by atoms with E-state index in [1.807, 2.05) is 12.1 Å². The van der Waals surface area contributed by atoms with Crippen LogP contribution >= 0.6 is 0 Å². The minimum atomic E-state index is -4.35. The Morgan fingerprint density at radius 3 is 2.67 bits per heavy atom. The second kappa shape index (κ2) is 11.6. The zero-order chi connectivity index (χ0) is 28.2. The highest BCUT2D eigenvalue weighted by Gasteiger charge is 2.34. The number of carbonyl (C=O) groups is 1. The number of nitrogen functional groups attached to an aromatic ring is 2. The average Bonchev–Trinajstić information content (AvgIpc) is 2.90. The van der Waals surface area contributed by atoms with Gasteiger partial charge >= 0.3 is 6.18 Å². The Kier molecular flexibility index (Phi) is 8.24. The molecule has 3 aromatic rings. The van der Waals surface area contributed by atoms with Crippen LogP contribution in [-0.4, -0.2) is 41.3 Å². The van der Waals surface area contributed by atoms with Crippen LogP contribution in [0.25, 0.3) is 6.08 Å². The molecule has 2 aromatic carbocycles. The number of nitrogens with one attached hydrogen (secondary N) is 1. The van der Waals surface area contributed by atoms with E-state index in [2.05, 4.69) is 15.4 Å². The van der Waals surface area contributed by atoms with E-state index in [4.69, 9.17) is 20.9 Å². The lowest BCUT2D eigenvalue weighted by Gasteiger charge is -2.37. The topological polar surface area (TPSA) is 129 Å². The van der Waals surface area contributed by atoms with Crippen LogP contribution in [0.4, 0.5) is 24.9 Å². The Labute approximate surface area is 223 Å². The third kappa shape index (κ3) is 6.58. The number of amides is 1. The van der Waals surface area contributed by atoms with E-state index in [-0.39, 0.29) is 18.2 Å². The number of benzene rings is 2. The number of alkyl halides is 3. The summed E-state index contributed by atoms with van der Waals surface area (Å²) in [5.74, 6) is 0.612. The van der Waals surface area contributed by atoms with Crippen LogP contribution in [0.1, 0.15) is 46.7 Å². The van der Waals surface area contributed by atoms with Crippen molar-refractivity contribution in [3.8, 4) is 11.5 Å². The molecule has 39 heavy (non-hydrogen) atoms. The minimum Gasteiger partial charge on any atom is -0.493 e. The number of nitrogens with two attached hydrogens (primary N) is 2. The van der Waals surface area contributed by atoms with Crippen molar-refractivity contribution in [2.45, 2.75) is 38.0 Å². The number of methoxy groups -OCH3 is 2. The van der Waals surface area contributed by atoms with Crippen molar-refractivity contribution >= 4 is 23.7 Å². The summed E-state index contributed by atoms with van der Waals surface area (Å²) in [6, 6.07) is 9.93. The highest BCUT2D eigenvalue weighted by molar-refractivity contribution is 5.92. The molecule has 12 heteroatoms. The third-order valence-corrected chi connectivity index (χ3v) is 6.39. The molecular weight excluding hydrogens is 513 g/mol. The number of carbonyl (C=O) groups excluding carboxylic acids is 1. The van der Waals surface area contributed by atoms with Gasteiger partial charge in [-0.25, -0.2) is 10.4 Å². The van der Waals surface area contributed by atoms with Gasteiger partial charge in [0.15, 0.2) is 11.5 Å². The molecule has 5 N–H and O–H groups in total. The monoisotopic (exact) mass is 542 g/mol. The van der Waals surface area contributed by atoms with Gasteiger partial charge in [-0.1, -0.05) is 24.3 Å². The summed E-state index contributed by atoms with van der Waals surface area (Å²) in [5.41, 5.74) is 18.0. The summed E-state index contributed by atoms with van der Waals surface area (Å²) in [6.45, 7) is 0.315. The second-order valence-electron chi connectivity index (χ2n) is 8.98. The fourth-order valence-electron chi connectivity index (χ4n) is 4.57. The van der Waals surface area contributed by atoms with E-state index in [0.717, 1.165) is 11.1 Å². The number of halogens is 3. The fourth-order valence-corrected chi connectivity index (χ4v) is 4.57. The lowest BCUT2D eigenvalue weighted by Crippen LogP contribution is -2.47. The number of anilines is 2. The number of hydrazine groups is 1. The molecule has 1 aromatic heterocycles. The first-order valence-corrected chi connectivity index (χ1v) is 12.1. The van der Waals surface area contributed by atoms with Gasteiger partial charge in [0.2, 0.25) is 5.95 Å². The standard InChI is InChI=1S/C27H29F3N6O3/c1-38-22-13-16(12-19-14-33-26(32)35-25(19)31)11-17(24(22)39-2)7-8-23(37)36-21(9-10-27(28,29)30)20-6-4-3-5-18(20)15-34-36/h3-8,11,13-14,21,34H,9-10,12,15H2,1-2H3,(H4,31,32,33,35)/b8-7+/t21-/m0/s1. The van der Waals surface area contributed by atoms with E-state index in [9.17, 15) is 18.0 Å². The van der Waals surface area contributed by atoms with E-state index >= 15 is 0 Å². The third-order valence-electron chi connectivity index (χ3n) is 6.39. The van der Waals surface area contributed by atoms with Crippen molar-refractivity contribution in [2.24, 2.45) is 0 Å². The van der Waals surface area contributed by atoms with Crippen molar-refractivity contribution in [1.82, 2.24) is 20.4 Å². The zero-order valence-corrected chi connectivity index (χ0v) is 21.5. The van der Waals surface area contributed by atoms with Gasteiger partial charge in [0.25, 0.3) is 5.91 Å². The fraction of sp³-hybridized carbons (Fsp3) is 0.296. The van der Waals surface area contributed by atoms with Gasteiger partial charge in [-0.3, -0.25) is 9.80 Å². The number of nitrogens with zero attached hydrogens (tertiary/aromatic N) is 3. The highest BCUT2D eigenvalue weighted by Crippen LogP contribution is 2.37. The van der Waals surface area contributed by atoms with E-state index in [1.54, 1.807) is 30.3 Å². The number of fused-ring (bicyclic) bond motifs is 1. The Bertz CT molecular complexity index is 1380. The van der Waals surface area contributed by atoms with Crippen molar-refractivity contribution in [1.29, 1.82) is 0 Å². The molecule has 0 saturated heterocycles. The zero-order valence-electron chi connectivity index (χ0n) is 21.5. The van der Waals surface area contributed by atoms with Gasteiger partial charge in [-0.15, -0.1) is 0 Å². The van der Waals surface area contributed by atoms with Gasteiger partial charge in [0.1, 0.15) is 5.82 Å². The van der Waals surface area contributed by atoms with Crippen LogP contribution in [0, 0.1) is 0 Å². The maximum absolute atomic E-state index is 13.3. The molecule has 0 fully saturated rings. The van der Waals surface area contributed by atoms with Crippen LogP contribution in [-0.2, 0) is 17.8 Å². The summed E-state index contributed by atoms with van der Waals surface area (Å²) in [6.07, 6.45) is -0.917. The average molecular weight is 543 g/mol. The summed E-state index contributed by atoms with van der Waals surface area (Å²) >= 11 is 0. The van der Waals surface area contributed by atoms with Crippen LogP contribution < -0.4 is 26.4 Å². The molecule has 0 aliphatic carbocycles. The molecule has 4 rings (SSSR count). The van der Waals surface area contributed by atoms with Crippen molar-refractivity contribution in [3.63, 3.8) is 0 Å². The maximum Gasteiger partial charge on any atom is 0.389 e. The van der Waals surface area contributed by atoms with Gasteiger partial charge in [-0.2, -0.15) is 18.2 Å². The predicted octanol–water partition coefficient (Wildman–Crippen LogP) is 4.19.